The number of nitriles is 1. The Labute approximate surface area is 204 Å². The topological polar surface area (TPSA) is 86.0 Å². The van der Waals surface area contributed by atoms with Crippen LogP contribution in [0.25, 0.3) is 0 Å². The molecule has 0 aromatic carbocycles. The number of pyridine rings is 1. The molecule has 5 nitrogen and oxygen atoms in total. The van der Waals surface area contributed by atoms with Crippen LogP contribution in [0.2, 0.25) is 0 Å². The van der Waals surface area contributed by atoms with Gasteiger partial charge in [-0.3, -0.25) is 4.79 Å². The van der Waals surface area contributed by atoms with E-state index in [0.29, 0.717) is 34.6 Å². The van der Waals surface area contributed by atoms with Gasteiger partial charge in [0.15, 0.2) is 0 Å². The second-order valence-corrected chi connectivity index (χ2v) is 12.5. The van der Waals surface area contributed by atoms with Crippen molar-refractivity contribution in [2.45, 2.75) is 97.0 Å². The Balaban J connectivity index is 1.30. The van der Waals surface area contributed by atoms with Gasteiger partial charge in [-0.1, -0.05) is 27.2 Å². The lowest BCUT2D eigenvalue weighted by atomic mass is 9.43. The van der Waals surface area contributed by atoms with Gasteiger partial charge in [0.05, 0.1) is 11.2 Å². The predicted molar refractivity (Wildman–Crippen MR) is 133 cm³/mol. The first-order valence-corrected chi connectivity index (χ1v) is 13.6. The molecule has 0 saturated heterocycles. The van der Waals surface area contributed by atoms with Crippen LogP contribution in [0.4, 0.5) is 5.82 Å². The zero-order valence-corrected chi connectivity index (χ0v) is 21.1. The highest BCUT2D eigenvalue weighted by Gasteiger charge is 2.62. The fraction of sp³-hybridized carbons (Fsp3) is 0.759. The monoisotopic (exact) mass is 463 g/mol. The van der Waals surface area contributed by atoms with Crippen LogP contribution in [0.5, 0.6) is 0 Å². The van der Waals surface area contributed by atoms with Crippen LogP contribution < -0.4 is 5.32 Å². The molecule has 1 aromatic heterocycles. The van der Waals surface area contributed by atoms with E-state index in [0.717, 1.165) is 57.3 Å². The van der Waals surface area contributed by atoms with E-state index >= 15 is 0 Å². The largest absolute Gasteiger partial charge is 0.390 e. The van der Waals surface area contributed by atoms with Crippen LogP contribution in [0.1, 0.15) is 97.0 Å². The van der Waals surface area contributed by atoms with Crippen molar-refractivity contribution >= 4 is 11.7 Å². The van der Waals surface area contributed by atoms with Gasteiger partial charge >= 0.3 is 0 Å². The van der Waals surface area contributed by atoms with Crippen molar-refractivity contribution in [1.82, 2.24) is 4.98 Å². The van der Waals surface area contributed by atoms with E-state index in [1.54, 1.807) is 12.1 Å². The van der Waals surface area contributed by atoms with E-state index in [-0.39, 0.29) is 17.2 Å². The van der Waals surface area contributed by atoms with Crippen LogP contribution in [0, 0.1) is 51.8 Å². The first-order valence-electron chi connectivity index (χ1n) is 13.6. The summed E-state index contributed by atoms with van der Waals surface area (Å²) in [5, 5.41) is 23.2. The molecule has 0 spiro atoms. The van der Waals surface area contributed by atoms with Crippen molar-refractivity contribution in [3.8, 4) is 6.07 Å². The van der Waals surface area contributed by atoms with E-state index in [1.165, 1.54) is 25.5 Å². The summed E-state index contributed by atoms with van der Waals surface area (Å²) in [4.78, 5) is 17.6. The number of aromatic nitrogens is 1. The SMILES string of the molecule is CCCC1(O)CCC2(C)C(CCC3C2CCC2(C)C(C(=O)Nc4ccc(C#N)cn4)CCC32)C1. The van der Waals surface area contributed by atoms with Crippen LogP contribution >= 0.6 is 0 Å². The van der Waals surface area contributed by atoms with Crippen molar-refractivity contribution in [1.29, 1.82) is 5.26 Å². The Bertz CT molecular complexity index is 971. The summed E-state index contributed by atoms with van der Waals surface area (Å²) >= 11 is 0. The van der Waals surface area contributed by atoms with Gasteiger partial charge in [-0.2, -0.15) is 5.26 Å². The Morgan fingerprint density at radius 3 is 2.62 bits per heavy atom. The average Bonchev–Trinajstić information content (AvgIpc) is 3.18. The Morgan fingerprint density at radius 1 is 1.12 bits per heavy atom. The molecule has 4 aliphatic rings. The van der Waals surface area contributed by atoms with E-state index in [9.17, 15) is 9.90 Å². The summed E-state index contributed by atoms with van der Waals surface area (Å²) in [6.45, 7) is 7.11. The number of aliphatic hydroxyl groups is 1. The Hall–Kier alpha value is -1.93. The highest BCUT2D eigenvalue weighted by atomic mass is 16.3. The maximum atomic E-state index is 13.4. The number of hydrogen-bond acceptors (Lipinski definition) is 4. The average molecular weight is 464 g/mol. The molecule has 0 bridgehead atoms. The van der Waals surface area contributed by atoms with Gasteiger partial charge in [-0.25, -0.2) is 4.98 Å². The van der Waals surface area contributed by atoms with Gasteiger partial charge in [-0.15, -0.1) is 0 Å². The minimum Gasteiger partial charge on any atom is -0.390 e. The van der Waals surface area contributed by atoms with Gasteiger partial charge < -0.3 is 10.4 Å². The standard InChI is InChI=1S/C29H41N3O2/c1-4-12-29(34)15-14-27(2)20(16-29)6-7-21-22-8-9-24(28(22,3)13-11-23(21)27)26(33)32-25-10-5-19(17-30)18-31-25/h5,10,18,20-24,34H,4,6-9,11-16H2,1-3H3,(H,31,32,33). The molecule has 0 radical (unpaired) electrons. The zero-order chi connectivity index (χ0) is 24.1. The number of nitrogens with zero attached hydrogens (tertiary/aromatic N) is 2. The van der Waals surface area contributed by atoms with E-state index < -0.39 is 5.60 Å². The molecule has 0 aliphatic heterocycles. The smallest absolute Gasteiger partial charge is 0.229 e. The molecule has 4 aliphatic carbocycles. The normalized spacial score (nSPS) is 43.2. The molecule has 4 saturated carbocycles. The highest BCUT2D eigenvalue weighted by Crippen LogP contribution is 2.68. The van der Waals surface area contributed by atoms with Gasteiger partial charge in [0.1, 0.15) is 11.9 Å². The second kappa shape index (κ2) is 8.63. The van der Waals surface area contributed by atoms with Crippen LogP contribution in [0.15, 0.2) is 18.3 Å². The zero-order valence-electron chi connectivity index (χ0n) is 21.1. The minimum absolute atomic E-state index is 0.0300. The van der Waals surface area contributed by atoms with Crippen LogP contribution in [-0.2, 0) is 4.79 Å². The molecule has 2 N–H and O–H groups in total. The number of rotatable bonds is 4. The first-order chi connectivity index (χ1) is 16.2. The summed E-state index contributed by atoms with van der Waals surface area (Å²) < 4.78 is 0. The summed E-state index contributed by atoms with van der Waals surface area (Å²) in [5.74, 6) is 3.38. The predicted octanol–water partition coefficient (Wildman–Crippen LogP) is 6.08. The Kier molecular flexibility index (Phi) is 6.04. The van der Waals surface area contributed by atoms with E-state index in [4.69, 9.17) is 5.26 Å². The molecule has 184 valence electrons. The van der Waals surface area contributed by atoms with Gasteiger partial charge in [0.2, 0.25) is 5.91 Å². The summed E-state index contributed by atoms with van der Waals surface area (Å²) in [7, 11) is 0. The van der Waals surface area contributed by atoms with Crippen LogP contribution in [0.3, 0.4) is 0 Å². The maximum Gasteiger partial charge on any atom is 0.229 e. The third-order valence-electron chi connectivity index (χ3n) is 11.0. The van der Waals surface area contributed by atoms with Crippen molar-refractivity contribution < 1.29 is 9.90 Å². The molecule has 5 rings (SSSR count). The third-order valence-corrected chi connectivity index (χ3v) is 11.0. The quantitative estimate of drug-likeness (QED) is 0.566. The van der Waals surface area contributed by atoms with Crippen molar-refractivity contribution in [3.05, 3.63) is 23.9 Å². The lowest BCUT2D eigenvalue weighted by Crippen LogP contribution is -2.56. The maximum absolute atomic E-state index is 13.4. The van der Waals surface area contributed by atoms with Gasteiger partial charge in [0.25, 0.3) is 0 Å². The summed E-state index contributed by atoms with van der Waals surface area (Å²) in [6.07, 6.45) is 13.6. The molecule has 34 heavy (non-hydrogen) atoms. The minimum atomic E-state index is -0.440. The van der Waals surface area contributed by atoms with Crippen molar-refractivity contribution in [2.24, 2.45) is 40.4 Å². The lowest BCUT2D eigenvalue weighted by Gasteiger charge is -2.62. The summed E-state index contributed by atoms with van der Waals surface area (Å²) in [5.41, 5.74) is 0.463. The number of carbonyl (C=O) groups excluding carboxylic acids is 1. The Morgan fingerprint density at radius 2 is 1.91 bits per heavy atom. The second-order valence-electron chi connectivity index (χ2n) is 12.5. The molecule has 1 amide bonds. The molecule has 8 unspecified atom stereocenters. The van der Waals surface area contributed by atoms with Gasteiger partial charge in [0, 0.05) is 12.1 Å². The van der Waals surface area contributed by atoms with E-state index in [1.807, 2.05) is 0 Å². The van der Waals surface area contributed by atoms with Crippen molar-refractivity contribution in [3.63, 3.8) is 0 Å². The fourth-order valence-corrected chi connectivity index (χ4v) is 9.19. The number of amides is 1. The lowest BCUT2D eigenvalue weighted by molar-refractivity contribution is -0.154. The molecular weight excluding hydrogens is 422 g/mol. The van der Waals surface area contributed by atoms with E-state index in [2.05, 4.69) is 37.1 Å². The van der Waals surface area contributed by atoms with Crippen LogP contribution in [-0.4, -0.2) is 21.6 Å². The van der Waals surface area contributed by atoms with Gasteiger partial charge in [-0.05, 0) is 111 Å². The number of anilines is 1. The fourth-order valence-electron chi connectivity index (χ4n) is 9.19. The number of nitrogens with one attached hydrogen (secondary N) is 1. The number of fused-ring (bicyclic) bond motifs is 5. The van der Waals surface area contributed by atoms with Crippen molar-refractivity contribution in [2.75, 3.05) is 5.32 Å². The number of carbonyl (C=O) groups is 1. The highest BCUT2D eigenvalue weighted by molar-refractivity contribution is 5.92. The molecule has 8 atom stereocenters. The molecule has 5 heteroatoms. The molecule has 1 aromatic rings. The first kappa shape index (κ1) is 23.8. The molecule has 1 heterocycles. The molecule has 4 fully saturated rings. The molecular formula is C29H41N3O2. The third kappa shape index (κ3) is 3.77. The number of hydrogen-bond donors (Lipinski definition) is 2. The summed E-state index contributed by atoms with van der Waals surface area (Å²) in [6, 6.07) is 5.51.